The number of thiol groups is 1. The van der Waals surface area contributed by atoms with Crippen LogP contribution >= 0.6 is 34.2 Å². The van der Waals surface area contributed by atoms with Gasteiger partial charge in [0.15, 0.2) is 6.04 Å². The molecule has 5 rings (SSSR count). The molecule has 0 bridgehead atoms. The van der Waals surface area contributed by atoms with Gasteiger partial charge in [-0.2, -0.15) is 12.6 Å². The Bertz CT molecular complexity index is 2650. The molecule has 4 aromatic rings. The van der Waals surface area contributed by atoms with E-state index in [1.54, 1.807) is 24.4 Å². The van der Waals surface area contributed by atoms with Crippen LogP contribution in [0, 0.1) is 0 Å². The molecule has 2 heterocycles. The average molecular weight is 1140 g/mol. The molecule has 22 nitrogen and oxygen atoms in total. The number of aromatic amines is 1. The Morgan fingerprint density at radius 3 is 2.04 bits per heavy atom. The smallest absolute Gasteiger partial charge is 0.328 e. The number of phenolic OH excluding ortho intramolecular Hbond substituents is 1. The molecular formula is C53H72N10O12S3. The molecule has 0 aliphatic carbocycles. The molecule has 0 saturated carbocycles. The van der Waals surface area contributed by atoms with Crippen LogP contribution in [-0.2, 0) is 57.6 Å². The highest BCUT2D eigenvalue weighted by Gasteiger charge is 2.37. The van der Waals surface area contributed by atoms with Crippen molar-refractivity contribution in [2.45, 2.75) is 138 Å². The van der Waals surface area contributed by atoms with E-state index in [1.807, 2.05) is 55.5 Å². The van der Waals surface area contributed by atoms with E-state index in [2.05, 4.69) is 60.1 Å². The first kappa shape index (κ1) is 62.5. The van der Waals surface area contributed by atoms with Crippen molar-refractivity contribution in [1.82, 2.24) is 47.5 Å². The number of unbranched alkanes of at least 4 members (excludes halogenated alkanes) is 1. The number of carboxylic acid groups (broad SMARTS) is 1. The number of benzene rings is 3. The minimum atomic E-state index is -1.82. The van der Waals surface area contributed by atoms with Crippen molar-refractivity contribution in [2.75, 3.05) is 18.1 Å². The highest BCUT2D eigenvalue weighted by atomic mass is 33.1. The summed E-state index contributed by atoms with van der Waals surface area (Å²) in [5.74, 6) is -8.38. The Morgan fingerprint density at radius 1 is 0.756 bits per heavy atom. The van der Waals surface area contributed by atoms with Crippen molar-refractivity contribution in [1.29, 1.82) is 0 Å². The zero-order valence-electron chi connectivity index (χ0n) is 43.6. The van der Waals surface area contributed by atoms with E-state index >= 15 is 0 Å². The van der Waals surface area contributed by atoms with Crippen molar-refractivity contribution in [2.24, 2.45) is 5.73 Å². The van der Waals surface area contributed by atoms with Gasteiger partial charge >= 0.3 is 5.97 Å². The molecule has 1 fully saturated rings. The van der Waals surface area contributed by atoms with E-state index in [0.717, 1.165) is 51.4 Å². The molecule has 15 N–H and O–H groups in total. The third-order valence-corrected chi connectivity index (χ3v) is 15.6. The summed E-state index contributed by atoms with van der Waals surface area (Å²) in [6, 6.07) is 10.6. The van der Waals surface area contributed by atoms with Crippen LogP contribution < -0.4 is 48.3 Å². The standard InChI is InChI=1S/C53H72N10O12S3/c1-4-12-43(76)56-38(23-31-13-6-5-7-14-31)47(68)60-41-27-77-78-28-42(51(72)63-45(30(3)65)53(74)75)61-52(73)44(29(2)64)62-46(67)37(17-10-11-22-54)57-49(70)40(25-33-26-55-36-16-9-8-15-35(33)36)59-48(69)39(58-50(41)71)24-32-18-20-34(66)21-19-32/h5-9,13-16,18-21,26,29-30,37-45,55-56,64-66,76H,4,10-12,17,22-25,27-28,54H2,1-3H3,(H,57,70)(H,58,71)(H,59,69)(H,60,68)(H,61,73)(H,62,67)(H,63,72)(H,74,75). The minimum Gasteiger partial charge on any atom is -0.508 e. The van der Waals surface area contributed by atoms with Crippen molar-refractivity contribution in [3.05, 3.63) is 102 Å². The number of rotatable bonds is 21. The predicted octanol–water partition coefficient (Wildman–Crippen LogP) is 0.679. The number of hydrogen-bond acceptors (Lipinski definition) is 16. The number of carbonyl (C=O) groups excluding carboxylic acids is 7. The Hall–Kier alpha value is -6.35. The molecule has 1 aliphatic rings. The van der Waals surface area contributed by atoms with E-state index in [-0.39, 0.29) is 49.5 Å². The number of hydrogen-bond donors (Lipinski definition) is 15. The number of carboxylic acids is 1. The van der Waals surface area contributed by atoms with Crippen LogP contribution in [0.4, 0.5) is 0 Å². The summed E-state index contributed by atoms with van der Waals surface area (Å²) < 4.78 is 0. The molecule has 424 valence electrons. The summed E-state index contributed by atoms with van der Waals surface area (Å²) in [6.07, 6.45) is 0.412. The zero-order valence-corrected chi connectivity index (χ0v) is 46.1. The van der Waals surface area contributed by atoms with E-state index in [4.69, 9.17) is 5.73 Å². The van der Waals surface area contributed by atoms with Gasteiger partial charge in [0.2, 0.25) is 41.4 Å². The lowest BCUT2D eigenvalue weighted by atomic mass is 10.0. The number of amides is 7. The topological polar surface area (TPSA) is 356 Å². The maximum absolute atomic E-state index is 14.9. The summed E-state index contributed by atoms with van der Waals surface area (Å²) in [5.41, 5.74) is 8.43. The maximum atomic E-state index is 14.9. The number of phenols is 1. The first-order valence-electron chi connectivity index (χ1n) is 25.7. The van der Waals surface area contributed by atoms with Gasteiger partial charge in [0.25, 0.3) is 0 Å². The highest BCUT2D eigenvalue weighted by Crippen LogP contribution is 2.25. The van der Waals surface area contributed by atoms with Gasteiger partial charge in [0.05, 0.1) is 23.6 Å². The molecule has 3 aromatic carbocycles. The number of H-pyrrole nitrogens is 1. The number of carbonyl (C=O) groups is 8. The molecule has 11 atom stereocenters. The van der Waals surface area contributed by atoms with Crippen molar-refractivity contribution in [3.63, 3.8) is 0 Å². The predicted molar refractivity (Wildman–Crippen MR) is 301 cm³/mol. The third-order valence-electron chi connectivity index (χ3n) is 12.8. The van der Waals surface area contributed by atoms with Gasteiger partial charge in [0, 0.05) is 41.4 Å². The summed E-state index contributed by atoms with van der Waals surface area (Å²) in [6.45, 7) is 4.54. The number of aromatic hydroxyl groups is 1. The second-order valence-electron chi connectivity index (χ2n) is 19.1. The highest BCUT2D eigenvalue weighted by molar-refractivity contribution is 8.76. The van der Waals surface area contributed by atoms with Crippen molar-refractivity contribution in [3.8, 4) is 5.75 Å². The lowest BCUT2D eigenvalue weighted by Gasteiger charge is -2.29. The number of aliphatic carboxylic acids is 1. The van der Waals surface area contributed by atoms with Crippen molar-refractivity contribution >= 4 is 92.4 Å². The van der Waals surface area contributed by atoms with E-state index in [1.165, 1.54) is 19.1 Å². The van der Waals surface area contributed by atoms with Crippen LogP contribution in [0.25, 0.3) is 10.9 Å². The fourth-order valence-electron chi connectivity index (χ4n) is 8.48. The molecule has 0 spiro atoms. The van der Waals surface area contributed by atoms with E-state index in [9.17, 15) is 58.8 Å². The van der Waals surface area contributed by atoms with E-state index in [0.29, 0.717) is 30.4 Å². The lowest BCUT2D eigenvalue weighted by Crippen LogP contribution is -2.62. The Morgan fingerprint density at radius 2 is 1.38 bits per heavy atom. The van der Waals surface area contributed by atoms with Gasteiger partial charge in [-0.1, -0.05) is 95.6 Å². The van der Waals surface area contributed by atoms with Crippen LogP contribution in [0.1, 0.15) is 69.6 Å². The molecule has 11 unspecified atom stereocenters. The summed E-state index contributed by atoms with van der Waals surface area (Å²) in [5, 5.41) is 63.1. The van der Waals surface area contributed by atoms with Crippen molar-refractivity contribution < 1.29 is 58.8 Å². The Kier molecular flexibility index (Phi) is 25.1. The van der Waals surface area contributed by atoms with Crippen LogP contribution in [-0.4, -0.2) is 157 Å². The number of aromatic nitrogens is 1. The summed E-state index contributed by atoms with van der Waals surface area (Å²) >= 11 is 4.67. The van der Waals surface area contributed by atoms with Crippen LogP contribution in [0.2, 0.25) is 0 Å². The van der Waals surface area contributed by atoms with Gasteiger partial charge in [-0.05, 0) is 87.4 Å². The first-order chi connectivity index (χ1) is 37.3. The minimum absolute atomic E-state index is 0.0207. The number of aliphatic hydroxyl groups is 2. The quantitative estimate of drug-likeness (QED) is 0.0236. The Balaban J connectivity index is 1.62. The number of para-hydroxylation sites is 1. The largest absolute Gasteiger partial charge is 0.508 e. The van der Waals surface area contributed by atoms with Gasteiger partial charge in [-0.25, -0.2) is 4.79 Å². The lowest BCUT2D eigenvalue weighted by molar-refractivity contribution is -0.145. The molecule has 1 aliphatic heterocycles. The van der Waals surface area contributed by atoms with Gasteiger partial charge < -0.3 is 68.4 Å². The molecule has 0 radical (unpaired) electrons. The molecule has 25 heteroatoms. The van der Waals surface area contributed by atoms with Gasteiger partial charge in [-0.3, -0.25) is 38.9 Å². The molecule has 1 aromatic heterocycles. The number of nitrogens with two attached hydrogens (primary N) is 1. The second kappa shape index (κ2) is 31.3. The first-order valence-corrected chi connectivity index (χ1v) is 28.8. The van der Waals surface area contributed by atoms with Crippen LogP contribution in [0.15, 0.2) is 85.1 Å². The fraction of sp³-hybridized carbons (Fsp3) is 0.472. The molecule has 1 saturated heterocycles. The second-order valence-corrected chi connectivity index (χ2v) is 22.3. The summed E-state index contributed by atoms with van der Waals surface area (Å²) in [4.78, 5) is 117. The zero-order chi connectivity index (χ0) is 56.9. The monoisotopic (exact) mass is 1140 g/mol. The van der Waals surface area contributed by atoms with Gasteiger partial charge in [0.1, 0.15) is 42.0 Å². The number of fused-ring (bicyclic) bond motifs is 1. The number of aliphatic hydroxyl groups excluding tert-OH is 2. The normalized spacial score (nSPS) is 22.2. The molecule has 7 amide bonds. The molecule has 78 heavy (non-hydrogen) atoms. The summed E-state index contributed by atoms with van der Waals surface area (Å²) in [7, 11) is 1.91. The van der Waals surface area contributed by atoms with Crippen LogP contribution in [0.3, 0.4) is 0 Å². The van der Waals surface area contributed by atoms with E-state index < -0.39 is 113 Å². The number of nitrogens with one attached hydrogen (secondary N) is 9. The van der Waals surface area contributed by atoms with Crippen LogP contribution in [0.5, 0.6) is 5.75 Å². The third kappa shape index (κ3) is 19.2. The maximum Gasteiger partial charge on any atom is 0.328 e. The molecular weight excluding hydrogens is 1060 g/mol. The SMILES string of the molecule is CCCC(S)NC(Cc1ccccc1)C(=O)NC1CSSCC(C(=O)NC(C(=O)O)C(C)O)NC(=O)C(C(C)O)NC(=O)C(CCCCN)NC(=O)C(Cc2c[nH]c3ccccc23)NC(=O)C(Cc2ccc(O)cc2)NC1=O. The fourth-order valence-corrected chi connectivity index (χ4v) is 11.3. The van der Waals surface area contributed by atoms with Gasteiger partial charge in [-0.15, -0.1) is 0 Å². The Labute approximate surface area is 465 Å². The average Bonchev–Trinajstić information content (AvgIpc) is 3.82.